The van der Waals surface area contributed by atoms with Gasteiger partial charge in [-0.05, 0) is 66.1 Å². The number of halogens is 2. The Morgan fingerprint density at radius 3 is 2.03 bits per heavy atom. The van der Waals surface area contributed by atoms with Gasteiger partial charge in [-0.25, -0.2) is 8.78 Å². The van der Waals surface area contributed by atoms with Crippen LogP contribution in [-0.4, -0.2) is 20.7 Å². The molecule has 0 aliphatic carbocycles. The highest BCUT2D eigenvalue weighted by molar-refractivity contribution is 7.98. The summed E-state index contributed by atoms with van der Waals surface area (Å²) < 4.78 is 28.8. The molecule has 0 saturated heterocycles. The maximum atomic E-state index is 13.4. The smallest absolute Gasteiger partial charge is 0.251 e. The lowest BCUT2D eigenvalue weighted by Gasteiger charge is -2.20. The molecule has 1 heterocycles. The first-order chi connectivity index (χ1) is 18.6. The van der Waals surface area contributed by atoms with Crippen LogP contribution in [0.25, 0.3) is 5.69 Å². The first-order valence-electron chi connectivity index (χ1n) is 12.0. The Morgan fingerprint density at radius 1 is 0.763 bits per heavy atom. The Bertz CT molecular complexity index is 1490. The molecule has 0 aliphatic heterocycles. The Kier molecular flexibility index (Phi) is 7.89. The van der Waals surface area contributed by atoms with Gasteiger partial charge in [0.2, 0.25) is 0 Å². The summed E-state index contributed by atoms with van der Waals surface area (Å²) in [6.45, 7) is 0. The number of hydrogen-bond acceptors (Lipinski definition) is 4. The molecule has 1 atom stereocenters. The van der Waals surface area contributed by atoms with E-state index in [2.05, 4.69) is 15.5 Å². The van der Waals surface area contributed by atoms with Crippen molar-refractivity contribution in [3.8, 4) is 5.69 Å². The zero-order valence-corrected chi connectivity index (χ0v) is 21.1. The van der Waals surface area contributed by atoms with Gasteiger partial charge in [0.15, 0.2) is 11.0 Å². The highest BCUT2D eigenvalue weighted by atomic mass is 32.2. The monoisotopic (exact) mass is 526 g/mol. The van der Waals surface area contributed by atoms with Gasteiger partial charge in [0.1, 0.15) is 11.6 Å². The van der Waals surface area contributed by atoms with E-state index in [1.807, 2.05) is 65.2 Å². The fraction of sp³-hybridized carbons (Fsp3) is 0.100. The zero-order chi connectivity index (χ0) is 26.3. The maximum Gasteiger partial charge on any atom is 0.251 e. The van der Waals surface area contributed by atoms with Crippen LogP contribution in [0.4, 0.5) is 8.78 Å². The van der Waals surface area contributed by atoms with Crippen molar-refractivity contribution in [3.63, 3.8) is 0 Å². The third-order valence-electron chi connectivity index (χ3n) is 5.96. The number of benzene rings is 4. The average Bonchev–Trinajstić information content (AvgIpc) is 3.38. The average molecular weight is 527 g/mol. The first kappa shape index (κ1) is 25.4. The predicted octanol–water partition coefficient (Wildman–Crippen LogP) is 6.55. The molecule has 0 aliphatic rings. The van der Waals surface area contributed by atoms with Crippen molar-refractivity contribution in [2.24, 2.45) is 0 Å². The third kappa shape index (κ3) is 6.15. The summed E-state index contributed by atoms with van der Waals surface area (Å²) in [6, 6.07) is 30.8. The topological polar surface area (TPSA) is 59.8 Å². The highest BCUT2D eigenvalue weighted by Gasteiger charge is 2.25. The van der Waals surface area contributed by atoms with Crippen molar-refractivity contribution in [2.45, 2.75) is 23.4 Å². The van der Waals surface area contributed by atoms with E-state index in [1.165, 1.54) is 48.2 Å². The van der Waals surface area contributed by atoms with Crippen molar-refractivity contribution in [1.29, 1.82) is 0 Å². The number of hydrogen-bond donors (Lipinski definition) is 1. The molecule has 4 aromatic carbocycles. The summed E-state index contributed by atoms with van der Waals surface area (Å²) in [6.07, 6.45) is 0.474. The van der Waals surface area contributed by atoms with Crippen LogP contribution in [0, 0.1) is 11.6 Å². The highest BCUT2D eigenvalue weighted by Crippen LogP contribution is 2.29. The number of aromatic nitrogens is 3. The van der Waals surface area contributed by atoms with E-state index >= 15 is 0 Å². The molecule has 8 heteroatoms. The second kappa shape index (κ2) is 11.8. The van der Waals surface area contributed by atoms with E-state index in [9.17, 15) is 13.6 Å². The Balaban J connectivity index is 1.51. The largest absolute Gasteiger partial charge is 0.342 e. The lowest BCUT2D eigenvalue weighted by atomic mass is 10.0. The summed E-state index contributed by atoms with van der Waals surface area (Å²) in [4.78, 5) is 13.2. The molecule has 0 fully saturated rings. The quantitative estimate of drug-likeness (QED) is 0.221. The molecular weight excluding hydrogens is 502 g/mol. The van der Waals surface area contributed by atoms with Crippen LogP contribution in [0.1, 0.15) is 33.4 Å². The van der Waals surface area contributed by atoms with Gasteiger partial charge in [-0.2, -0.15) is 0 Å². The zero-order valence-electron chi connectivity index (χ0n) is 20.3. The lowest BCUT2D eigenvalue weighted by molar-refractivity contribution is 0.0934. The third-order valence-corrected chi connectivity index (χ3v) is 6.96. The summed E-state index contributed by atoms with van der Waals surface area (Å²) >= 11 is 1.47. The second-order valence-electron chi connectivity index (χ2n) is 8.65. The van der Waals surface area contributed by atoms with Crippen LogP contribution in [0.3, 0.4) is 0 Å². The molecule has 1 N–H and O–H groups in total. The van der Waals surface area contributed by atoms with Crippen molar-refractivity contribution >= 4 is 17.7 Å². The van der Waals surface area contributed by atoms with Crippen LogP contribution in [-0.2, 0) is 12.2 Å². The Hall–Kier alpha value is -4.30. The molecule has 5 rings (SSSR count). The number of nitrogens with one attached hydrogen (secondary N) is 1. The van der Waals surface area contributed by atoms with E-state index in [0.717, 1.165) is 16.8 Å². The van der Waals surface area contributed by atoms with Crippen molar-refractivity contribution in [3.05, 3.63) is 143 Å². The molecule has 0 bridgehead atoms. The van der Waals surface area contributed by atoms with E-state index < -0.39 is 11.9 Å². The van der Waals surface area contributed by atoms with Crippen molar-refractivity contribution in [2.75, 3.05) is 0 Å². The molecule has 1 amide bonds. The standard InChI is InChI=1S/C30H24F2N4OS/c31-24-15-11-22(12-16-24)20-38-30-35-34-28(36(30)26-9-5-2-6-10-26)27(19-21-7-3-1-4-8-21)33-29(37)23-13-17-25(32)18-14-23/h1-18,27H,19-20H2,(H,33,37)/t27-/m1/s1. The first-order valence-corrected chi connectivity index (χ1v) is 13.0. The van der Waals surface area contributed by atoms with Gasteiger partial charge in [0.25, 0.3) is 5.91 Å². The van der Waals surface area contributed by atoms with E-state index in [-0.39, 0.29) is 11.7 Å². The number of amides is 1. The number of carbonyl (C=O) groups is 1. The number of para-hydroxylation sites is 1. The maximum absolute atomic E-state index is 13.4. The fourth-order valence-electron chi connectivity index (χ4n) is 4.05. The number of thioether (sulfide) groups is 1. The summed E-state index contributed by atoms with van der Waals surface area (Å²) in [5, 5.41) is 12.7. The van der Waals surface area contributed by atoms with E-state index in [4.69, 9.17) is 0 Å². The molecule has 0 saturated carbocycles. The second-order valence-corrected chi connectivity index (χ2v) is 9.59. The molecule has 190 valence electrons. The van der Waals surface area contributed by atoms with Gasteiger partial charge in [0.05, 0.1) is 6.04 Å². The summed E-state index contributed by atoms with van der Waals surface area (Å²) in [5.74, 6) is 0.102. The minimum atomic E-state index is -0.525. The van der Waals surface area contributed by atoms with Gasteiger partial charge in [-0.15, -0.1) is 10.2 Å². The van der Waals surface area contributed by atoms with Crippen LogP contribution in [0.15, 0.2) is 114 Å². The lowest BCUT2D eigenvalue weighted by Crippen LogP contribution is -2.32. The summed E-state index contributed by atoms with van der Waals surface area (Å²) in [5.41, 5.74) is 3.16. The molecular formula is C30H24F2N4OS. The number of carbonyl (C=O) groups excluding carboxylic acids is 1. The Labute approximate surface area is 223 Å². The van der Waals surface area contributed by atoms with Gasteiger partial charge in [0, 0.05) is 17.0 Å². The molecule has 1 aromatic heterocycles. The fourth-order valence-corrected chi connectivity index (χ4v) is 4.96. The van der Waals surface area contributed by atoms with Crippen LogP contribution >= 0.6 is 11.8 Å². The van der Waals surface area contributed by atoms with Crippen LogP contribution in [0.2, 0.25) is 0 Å². The van der Waals surface area contributed by atoms with Crippen LogP contribution in [0.5, 0.6) is 0 Å². The van der Waals surface area contributed by atoms with Gasteiger partial charge < -0.3 is 5.32 Å². The van der Waals surface area contributed by atoms with E-state index in [1.54, 1.807) is 12.1 Å². The number of rotatable bonds is 9. The van der Waals surface area contributed by atoms with Gasteiger partial charge in [-0.3, -0.25) is 9.36 Å². The molecule has 5 aromatic rings. The normalized spacial score (nSPS) is 11.7. The minimum absolute atomic E-state index is 0.283. The molecule has 0 radical (unpaired) electrons. The SMILES string of the molecule is O=C(N[C@H](Cc1ccccc1)c1nnc(SCc2ccc(F)cc2)n1-c1ccccc1)c1ccc(F)cc1. The number of nitrogens with zero attached hydrogens (tertiary/aromatic N) is 3. The summed E-state index contributed by atoms with van der Waals surface area (Å²) in [7, 11) is 0. The molecule has 5 nitrogen and oxygen atoms in total. The van der Waals surface area contributed by atoms with E-state index in [0.29, 0.717) is 28.7 Å². The minimum Gasteiger partial charge on any atom is -0.342 e. The molecule has 0 spiro atoms. The molecule has 0 unspecified atom stereocenters. The van der Waals surface area contributed by atoms with Crippen molar-refractivity contribution < 1.29 is 13.6 Å². The molecule has 38 heavy (non-hydrogen) atoms. The predicted molar refractivity (Wildman–Crippen MR) is 144 cm³/mol. The van der Waals surface area contributed by atoms with Gasteiger partial charge in [-0.1, -0.05) is 72.4 Å². The Morgan fingerprint density at radius 2 is 1.37 bits per heavy atom. The van der Waals surface area contributed by atoms with Crippen molar-refractivity contribution in [1.82, 2.24) is 20.1 Å². The van der Waals surface area contributed by atoms with Gasteiger partial charge >= 0.3 is 0 Å². The van der Waals surface area contributed by atoms with Crippen LogP contribution < -0.4 is 5.32 Å².